The van der Waals surface area contributed by atoms with E-state index in [1.807, 2.05) is 6.92 Å². The first kappa shape index (κ1) is 35.0. The summed E-state index contributed by atoms with van der Waals surface area (Å²) in [6.07, 6.45) is 1.80. The van der Waals surface area contributed by atoms with Gasteiger partial charge in [0.2, 0.25) is 10.0 Å². The lowest BCUT2D eigenvalue weighted by Crippen LogP contribution is -2.10. The second kappa shape index (κ2) is 14.2. The number of nitrogens with one attached hydrogen (secondary N) is 3. The van der Waals surface area contributed by atoms with E-state index in [9.17, 15) is 26.7 Å². The third-order valence-electron chi connectivity index (χ3n) is 7.79. The first-order chi connectivity index (χ1) is 24.4. The molecule has 0 amide bonds. The number of nitrogens with zero attached hydrogens (tertiary/aromatic N) is 1. The Kier molecular flexibility index (Phi) is 9.71. The summed E-state index contributed by atoms with van der Waals surface area (Å²) in [5.74, 6) is 0.892. The Hall–Kier alpha value is -5.88. The van der Waals surface area contributed by atoms with Crippen molar-refractivity contribution in [1.82, 2.24) is 0 Å². The van der Waals surface area contributed by atoms with E-state index >= 15 is 0 Å². The zero-order valence-electron chi connectivity index (χ0n) is 27.7. The summed E-state index contributed by atoms with van der Waals surface area (Å²) in [5.41, 5.74) is 4.79. The van der Waals surface area contributed by atoms with Crippen molar-refractivity contribution in [2.45, 2.75) is 18.2 Å². The van der Waals surface area contributed by atoms with Gasteiger partial charge in [-0.2, -0.15) is 13.7 Å². The van der Waals surface area contributed by atoms with Crippen molar-refractivity contribution in [3.63, 3.8) is 0 Å². The number of sulfonamides is 1. The molecule has 6 rings (SSSR count). The molecule has 51 heavy (non-hydrogen) atoms. The molecule has 14 heteroatoms. The van der Waals surface area contributed by atoms with Crippen LogP contribution in [0.4, 0.5) is 28.4 Å². The second-order valence-corrected chi connectivity index (χ2v) is 14.7. The fourth-order valence-corrected chi connectivity index (χ4v) is 6.90. The Morgan fingerprint density at radius 3 is 1.98 bits per heavy atom. The molecule has 0 radical (unpaired) electrons. The number of ether oxygens (including phenoxy) is 2. The van der Waals surface area contributed by atoms with Crippen LogP contribution in [-0.4, -0.2) is 41.4 Å². The highest BCUT2D eigenvalue weighted by atomic mass is 32.2. The predicted molar refractivity (Wildman–Crippen MR) is 198 cm³/mol. The molecule has 1 aromatic heterocycles. The van der Waals surface area contributed by atoms with E-state index < -0.39 is 20.1 Å². The monoisotopic (exact) mass is 725 g/mol. The van der Waals surface area contributed by atoms with E-state index in [1.165, 1.54) is 19.2 Å². The van der Waals surface area contributed by atoms with Crippen molar-refractivity contribution in [3.8, 4) is 28.7 Å². The largest absolute Gasteiger partial charge is 0.495 e. The average molecular weight is 726 g/mol. The van der Waals surface area contributed by atoms with Gasteiger partial charge in [-0.15, -0.1) is 0 Å². The molecule has 0 spiro atoms. The zero-order valence-corrected chi connectivity index (χ0v) is 29.4. The number of fused-ring (bicyclic) bond motifs is 2. The molecule has 0 saturated heterocycles. The highest BCUT2D eigenvalue weighted by Gasteiger charge is 2.26. The zero-order chi connectivity index (χ0) is 36.3. The number of benzene rings is 5. The van der Waals surface area contributed by atoms with Crippen LogP contribution in [0.1, 0.15) is 18.9 Å². The molecule has 0 bridgehead atoms. The molecule has 0 aliphatic rings. The molecule has 4 N–H and O–H groups in total. The third-order valence-corrected chi connectivity index (χ3v) is 9.31. The van der Waals surface area contributed by atoms with Crippen LogP contribution in [0.5, 0.6) is 11.5 Å². The van der Waals surface area contributed by atoms with Crippen molar-refractivity contribution in [1.29, 1.82) is 5.26 Å². The lowest BCUT2D eigenvalue weighted by Gasteiger charge is -2.15. The summed E-state index contributed by atoms with van der Waals surface area (Å²) in [4.78, 5) is -0.258. The van der Waals surface area contributed by atoms with E-state index in [0.29, 0.717) is 79.6 Å². The Morgan fingerprint density at radius 1 is 0.784 bits per heavy atom. The molecule has 1 heterocycles. The molecular formula is C37H33N4O8S2+. The topological polar surface area (TPSA) is 178 Å². The van der Waals surface area contributed by atoms with E-state index in [-0.39, 0.29) is 10.5 Å². The quantitative estimate of drug-likeness (QED) is 0.0542. The Morgan fingerprint density at radius 2 is 1.39 bits per heavy atom. The first-order valence-electron chi connectivity index (χ1n) is 15.6. The maximum atomic E-state index is 12.6. The van der Waals surface area contributed by atoms with Gasteiger partial charge < -0.3 is 20.1 Å². The highest BCUT2D eigenvalue weighted by Crippen LogP contribution is 2.42. The number of methoxy groups -OCH3 is 1. The molecule has 0 unspecified atom stereocenters. The van der Waals surface area contributed by atoms with E-state index in [2.05, 4.69) is 21.4 Å². The smallest absolute Gasteiger partial charge is 0.363 e. The Bertz CT molecular complexity index is 2570. The van der Waals surface area contributed by atoms with Crippen LogP contribution in [-0.2, 0) is 20.1 Å². The summed E-state index contributed by atoms with van der Waals surface area (Å²) in [6.45, 7) is 2.36. The van der Waals surface area contributed by atoms with Crippen LogP contribution in [0, 0.1) is 11.3 Å². The van der Waals surface area contributed by atoms with Crippen LogP contribution < -0.4 is 24.8 Å². The van der Waals surface area contributed by atoms with E-state index in [0.717, 1.165) is 12.7 Å². The van der Waals surface area contributed by atoms with Crippen LogP contribution in [0.25, 0.3) is 33.1 Å². The third kappa shape index (κ3) is 7.81. The van der Waals surface area contributed by atoms with Crippen molar-refractivity contribution in [2.24, 2.45) is 0 Å². The molecule has 260 valence electrons. The van der Waals surface area contributed by atoms with Crippen molar-refractivity contribution >= 4 is 70.5 Å². The minimum absolute atomic E-state index is 0.258. The molecule has 0 saturated carbocycles. The van der Waals surface area contributed by atoms with E-state index in [4.69, 9.17) is 13.9 Å². The standard InChI is InChI=1S/C37H32N4O8S2/c1-4-17-48-35-21-26(41-50(3,42)43)12-16-31(35)40-25-11-14-28-33(20-25)49-32-19-24(39-30-15-9-23(22-38)18-34(30)47-2)10-13-27(32)37(28)29-7-5-6-8-36(29)51(44,45)46/h5-16,18-21,39-41H,4,17H2,1-3H3/p+1. The maximum Gasteiger partial charge on any atom is 0.363 e. The van der Waals surface area contributed by atoms with Crippen molar-refractivity contribution < 1.29 is 35.3 Å². The molecule has 0 atom stereocenters. The van der Waals surface area contributed by atoms with Gasteiger partial charge in [-0.25, -0.2) is 12.8 Å². The van der Waals surface area contributed by atoms with Gasteiger partial charge >= 0.3 is 11.2 Å². The van der Waals surface area contributed by atoms with Gasteiger partial charge in [0.15, 0.2) is 0 Å². The van der Waals surface area contributed by atoms with Gasteiger partial charge in [0.05, 0.1) is 71.6 Å². The number of hydrogen-bond donors (Lipinski definition) is 4. The van der Waals surface area contributed by atoms with Crippen molar-refractivity contribution in [2.75, 3.05) is 35.3 Å². The van der Waals surface area contributed by atoms with Crippen LogP contribution in [0.3, 0.4) is 0 Å². The van der Waals surface area contributed by atoms with Gasteiger partial charge in [0.1, 0.15) is 16.4 Å². The number of hydrogen-bond acceptors (Lipinski definition) is 9. The van der Waals surface area contributed by atoms with E-state index in [1.54, 1.807) is 84.9 Å². The number of nitriles is 1. The molecule has 6 aromatic rings. The summed E-state index contributed by atoms with van der Waals surface area (Å²) >= 11 is 0. The van der Waals surface area contributed by atoms with Gasteiger partial charge in [-0.1, -0.05) is 25.1 Å². The Balaban J connectivity index is 1.50. The lowest BCUT2D eigenvalue weighted by molar-refractivity contribution is 0.319. The minimum Gasteiger partial charge on any atom is -0.495 e. The summed E-state index contributed by atoms with van der Waals surface area (Å²) in [5, 5.41) is 17.1. The molecule has 0 aliphatic heterocycles. The van der Waals surface area contributed by atoms with Gasteiger partial charge in [-0.3, -0.25) is 9.27 Å². The Labute approximate surface area is 295 Å². The van der Waals surface area contributed by atoms with Crippen LogP contribution >= 0.6 is 0 Å². The van der Waals surface area contributed by atoms with Crippen LogP contribution in [0.2, 0.25) is 0 Å². The maximum absolute atomic E-state index is 12.6. The van der Waals surface area contributed by atoms with Gasteiger partial charge in [0.25, 0.3) is 10.1 Å². The average Bonchev–Trinajstić information content (AvgIpc) is 3.09. The molecule has 12 nitrogen and oxygen atoms in total. The fraction of sp³-hybridized carbons (Fsp3) is 0.135. The first-order valence-corrected chi connectivity index (χ1v) is 19.0. The minimum atomic E-state index is -4.61. The fourth-order valence-electron chi connectivity index (χ4n) is 5.64. The normalized spacial score (nSPS) is 11.6. The summed E-state index contributed by atoms with van der Waals surface area (Å²) in [6, 6.07) is 28.9. The molecular weight excluding hydrogens is 693 g/mol. The number of rotatable bonds is 12. The highest BCUT2D eigenvalue weighted by molar-refractivity contribution is 7.92. The second-order valence-electron chi connectivity index (χ2n) is 11.6. The van der Waals surface area contributed by atoms with Gasteiger partial charge in [-0.05, 0) is 61.0 Å². The van der Waals surface area contributed by atoms with Gasteiger partial charge in [0, 0.05) is 34.6 Å². The molecule has 0 fully saturated rings. The summed E-state index contributed by atoms with van der Waals surface area (Å²) < 4.78 is 79.4. The lowest BCUT2D eigenvalue weighted by atomic mass is 9.96. The molecule has 0 aliphatic carbocycles. The SMILES string of the molecule is CCCOc1cc(NS(C)(=O)=O)ccc1Nc1ccc2c(-c3ccccc3S(=O)(=O)O)c3ccc(Nc4ccc(C#N)cc4OC)cc3[o+]c2c1. The summed E-state index contributed by atoms with van der Waals surface area (Å²) in [7, 11) is -6.61. The van der Waals surface area contributed by atoms with Crippen LogP contribution in [0.15, 0.2) is 106 Å². The molecule has 5 aromatic carbocycles. The predicted octanol–water partition coefficient (Wildman–Crippen LogP) is 8.31. The number of anilines is 5. The van der Waals surface area contributed by atoms with Crippen molar-refractivity contribution in [3.05, 3.63) is 103 Å².